The number of carbonyl (C=O) groups is 2. The first-order valence-electron chi connectivity index (χ1n) is 5.67. The van der Waals surface area contributed by atoms with Gasteiger partial charge in [0.2, 0.25) is 0 Å². The van der Waals surface area contributed by atoms with Gasteiger partial charge in [-0.2, -0.15) is 0 Å². The first-order chi connectivity index (χ1) is 9.86. The van der Waals surface area contributed by atoms with Crippen molar-refractivity contribution in [3.63, 3.8) is 0 Å². The maximum atomic E-state index is 12.3. The van der Waals surface area contributed by atoms with Crippen molar-refractivity contribution in [2.24, 2.45) is 0 Å². The predicted octanol–water partition coefficient (Wildman–Crippen LogP) is 4.66. The number of nitrogens with one attached hydrogen (secondary N) is 1. The highest BCUT2D eigenvalue weighted by Gasteiger charge is 2.13. The molecule has 0 saturated heterocycles. The molecule has 0 saturated carbocycles. The standard InChI is InChI=1S/C14H8BrClINO3/c15-8-1-2-12(17)11(5-8)13(19)18-10-4-7(14(20)21)3-9(16)6-10/h1-6H,(H,18,19)(H,20,21). The average molecular weight is 480 g/mol. The highest BCUT2D eigenvalue weighted by molar-refractivity contribution is 14.1. The Kier molecular flexibility index (Phi) is 5.23. The highest BCUT2D eigenvalue weighted by atomic mass is 127. The molecule has 2 N–H and O–H groups in total. The lowest BCUT2D eigenvalue weighted by molar-refractivity contribution is 0.0696. The zero-order valence-corrected chi connectivity index (χ0v) is 14.9. The fraction of sp³-hybridized carbons (Fsp3) is 0. The Hall–Kier alpha value is -1.12. The summed E-state index contributed by atoms with van der Waals surface area (Å²) in [6.07, 6.45) is 0. The summed E-state index contributed by atoms with van der Waals surface area (Å²) in [5.41, 5.74) is 0.837. The molecule has 21 heavy (non-hydrogen) atoms. The van der Waals surface area contributed by atoms with E-state index in [1.54, 1.807) is 12.1 Å². The van der Waals surface area contributed by atoms with Crippen LogP contribution >= 0.6 is 50.1 Å². The van der Waals surface area contributed by atoms with E-state index in [0.29, 0.717) is 11.3 Å². The maximum absolute atomic E-state index is 12.3. The molecule has 2 aromatic carbocycles. The summed E-state index contributed by atoms with van der Waals surface area (Å²) in [5, 5.41) is 11.9. The van der Waals surface area contributed by atoms with Crippen molar-refractivity contribution in [3.8, 4) is 0 Å². The van der Waals surface area contributed by atoms with Gasteiger partial charge in [-0.1, -0.05) is 27.5 Å². The van der Waals surface area contributed by atoms with Gasteiger partial charge in [0.1, 0.15) is 0 Å². The summed E-state index contributed by atoms with van der Waals surface area (Å²) < 4.78 is 1.57. The molecule has 0 aliphatic carbocycles. The van der Waals surface area contributed by atoms with Crippen LogP contribution in [0.15, 0.2) is 40.9 Å². The second-order valence-corrected chi connectivity index (χ2v) is 6.63. The van der Waals surface area contributed by atoms with Crippen LogP contribution < -0.4 is 5.32 Å². The molecule has 108 valence electrons. The maximum Gasteiger partial charge on any atom is 0.335 e. The molecule has 0 radical (unpaired) electrons. The van der Waals surface area contributed by atoms with Gasteiger partial charge in [-0.3, -0.25) is 4.79 Å². The molecular formula is C14H8BrClINO3. The van der Waals surface area contributed by atoms with Crippen LogP contribution in [-0.4, -0.2) is 17.0 Å². The van der Waals surface area contributed by atoms with E-state index >= 15 is 0 Å². The fourth-order valence-corrected chi connectivity index (χ4v) is 2.83. The van der Waals surface area contributed by atoms with Crippen molar-refractivity contribution in [1.82, 2.24) is 0 Å². The molecule has 4 nitrogen and oxygen atoms in total. The number of carbonyl (C=O) groups excluding carboxylic acids is 1. The lowest BCUT2D eigenvalue weighted by Gasteiger charge is -2.09. The first-order valence-corrected chi connectivity index (χ1v) is 7.92. The zero-order valence-electron chi connectivity index (χ0n) is 10.4. The van der Waals surface area contributed by atoms with Gasteiger partial charge in [0.05, 0.1) is 11.1 Å². The minimum absolute atomic E-state index is 0.0155. The van der Waals surface area contributed by atoms with Crippen molar-refractivity contribution in [3.05, 3.63) is 60.6 Å². The third-order valence-electron chi connectivity index (χ3n) is 2.58. The van der Waals surface area contributed by atoms with Gasteiger partial charge in [-0.25, -0.2) is 4.79 Å². The average Bonchev–Trinajstić information content (AvgIpc) is 2.40. The fourth-order valence-electron chi connectivity index (χ4n) is 1.66. The molecular weight excluding hydrogens is 472 g/mol. The Bertz CT molecular complexity index is 736. The van der Waals surface area contributed by atoms with E-state index in [9.17, 15) is 9.59 Å². The number of rotatable bonds is 3. The van der Waals surface area contributed by atoms with Crippen molar-refractivity contribution in [2.75, 3.05) is 5.32 Å². The SMILES string of the molecule is O=C(O)c1cc(Cl)cc(NC(=O)c2cc(Br)ccc2I)c1. The van der Waals surface area contributed by atoms with Gasteiger partial charge in [-0.15, -0.1) is 0 Å². The number of carboxylic acid groups (broad SMARTS) is 1. The molecule has 7 heteroatoms. The normalized spacial score (nSPS) is 10.2. The van der Waals surface area contributed by atoms with Gasteiger partial charge in [0.15, 0.2) is 0 Å². The summed E-state index contributed by atoms with van der Waals surface area (Å²) in [4.78, 5) is 23.2. The van der Waals surface area contributed by atoms with E-state index in [-0.39, 0.29) is 16.5 Å². The lowest BCUT2D eigenvalue weighted by Crippen LogP contribution is -2.14. The third kappa shape index (κ3) is 4.18. The lowest BCUT2D eigenvalue weighted by atomic mass is 10.1. The summed E-state index contributed by atoms with van der Waals surface area (Å²) in [6.45, 7) is 0. The number of benzene rings is 2. The van der Waals surface area contributed by atoms with E-state index < -0.39 is 5.97 Å². The van der Waals surface area contributed by atoms with E-state index in [1.165, 1.54) is 18.2 Å². The van der Waals surface area contributed by atoms with E-state index in [2.05, 4.69) is 43.8 Å². The minimum atomic E-state index is -1.11. The molecule has 0 spiro atoms. The molecule has 0 aliphatic rings. The Balaban J connectivity index is 2.31. The Morgan fingerprint density at radius 2 is 1.90 bits per heavy atom. The van der Waals surface area contributed by atoms with Crippen molar-refractivity contribution in [1.29, 1.82) is 0 Å². The molecule has 2 rings (SSSR count). The molecule has 1 amide bonds. The highest BCUT2D eigenvalue weighted by Crippen LogP contribution is 2.22. The topological polar surface area (TPSA) is 66.4 Å². The van der Waals surface area contributed by atoms with Crippen LogP contribution in [0.2, 0.25) is 5.02 Å². The largest absolute Gasteiger partial charge is 0.478 e. The molecule has 2 aromatic rings. The number of hydrogen-bond acceptors (Lipinski definition) is 2. The van der Waals surface area contributed by atoms with Crippen molar-refractivity contribution in [2.45, 2.75) is 0 Å². The van der Waals surface area contributed by atoms with Crippen LogP contribution in [0.3, 0.4) is 0 Å². The molecule has 0 bridgehead atoms. The number of anilines is 1. The van der Waals surface area contributed by atoms with Crippen molar-refractivity contribution < 1.29 is 14.7 Å². The number of halogens is 3. The van der Waals surface area contributed by atoms with Gasteiger partial charge in [-0.05, 0) is 59.0 Å². The van der Waals surface area contributed by atoms with E-state index in [1.807, 2.05) is 6.07 Å². The van der Waals surface area contributed by atoms with Gasteiger partial charge in [0.25, 0.3) is 5.91 Å². The summed E-state index contributed by atoms with van der Waals surface area (Å²) >= 11 is 11.2. The molecule has 0 atom stereocenters. The summed E-state index contributed by atoms with van der Waals surface area (Å²) in [7, 11) is 0. The number of aromatic carboxylic acids is 1. The van der Waals surface area contributed by atoms with Crippen LogP contribution in [0, 0.1) is 3.57 Å². The number of amides is 1. The Morgan fingerprint density at radius 1 is 1.19 bits per heavy atom. The molecule has 0 aromatic heterocycles. The van der Waals surface area contributed by atoms with Gasteiger partial charge >= 0.3 is 5.97 Å². The molecule has 0 fully saturated rings. The van der Waals surface area contributed by atoms with Gasteiger partial charge in [0, 0.05) is 18.8 Å². The number of carboxylic acids is 1. The monoisotopic (exact) mass is 479 g/mol. The smallest absolute Gasteiger partial charge is 0.335 e. The van der Waals surface area contributed by atoms with Crippen LogP contribution in [0.4, 0.5) is 5.69 Å². The molecule has 0 heterocycles. The Morgan fingerprint density at radius 3 is 2.57 bits per heavy atom. The third-order valence-corrected chi connectivity index (χ3v) is 4.23. The quantitative estimate of drug-likeness (QED) is 0.629. The second-order valence-electron chi connectivity index (χ2n) is 4.11. The summed E-state index contributed by atoms with van der Waals surface area (Å²) in [5.74, 6) is -1.44. The van der Waals surface area contributed by atoms with E-state index in [0.717, 1.165) is 8.04 Å². The second kappa shape index (κ2) is 6.76. The van der Waals surface area contributed by atoms with Crippen molar-refractivity contribution >= 4 is 67.7 Å². The van der Waals surface area contributed by atoms with Crippen LogP contribution in [0.1, 0.15) is 20.7 Å². The minimum Gasteiger partial charge on any atom is -0.478 e. The predicted molar refractivity (Wildman–Crippen MR) is 93.2 cm³/mol. The zero-order chi connectivity index (χ0) is 15.6. The first kappa shape index (κ1) is 16.3. The van der Waals surface area contributed by atoms with Crippen LogP contribution in [0.5, 0.6) is 0 Å². The van der Waals surface area contributed by atoms with Crippen LogP contribution in [0.25, 0.3) is 0 Å². The number of hydrogen-bond donors (Lipinski definition) is 2. The molecule has 0 aliphatic heterocycles. The van der Waals surface area contributed by atoms with Crippen LogP contribution in [-0.2, 0) is 0 Å². The van der Waals surface area contributed by atoms with E-state index in [4.69, 9.17) is 16.7 Å². The molecule has 0 unspecified atom stereocenters. The Labute approximate surface area is 147 Å². The summed E-state index contributed by atoms with van der Waals surface area (Å²) in [6, 6.07) is 9.51. The van der Waals surface area contributed by atoms with Gasteiger partial charge < -0.3 is 10.4 Å².